The first-order valence-electron chi connectivity index (χ1n) is 10.1. The summed E-state index contributed by atoms with van der Waals surface area (Å²) in [7, 11) is 1.63. The molecule has 0 radical (unpaired) electrons. The van der Waals surface area contributed by atoms with E-state index in [4.69, 9.17) is 9.15 Å². The van der Waals surface area contributed by atoms with E-state index < -0.39 is 0 Å². The second-order valence-corrected chi connectivity index (χ2v) is 7.16. The first-order valence-corrected chi connectivity index (χ1v) is 10.1. The summed E-state index contributed by atoms with van der Waals surface area (Å²) in [5, 5.41) is 11.2. The van der Waals surface area contributed by atoms with Crippen LogP contribution in [0.25, 0.3) is 22.9 Å². The first-order chi connectivity index (χ1) is 15.1. The fourth-order valence-corrected chi connectivity index (χ4v) is 3.34. The molecule has 0 atom stereocenters. The van der Waals surface area contributed by atoms with Gasteiger partial charge in [0.25, 0.3) is 0 Å². The smallest absolute Gasteiger partial charge is 0.248 e. The lowest BCUT2D eigenvalue weighted by Crippen LogP contribution is -2.12. The summed E-state index contributed by atoms with van der Waals surface area (Å²) in [6.07, 6.45) is 0.975. The molecule has 0 aliphatic rings. The van der Waals surface area contributed by atoms with Gasteiger partial charge in [-0.15, -0.1) is 10.2 Å². The third kappa shape index (κ3) is 4.80. The number of methoxy groups -OCH3 is 1. The van der Waals surface area contributed by atoms with Gasteiger partial charge in [0, 0.05) is 23.2 Å². The van der Waals surface area contributed by atoms with E-state index in [1.165, 1.54) is 0 Å². The maximum absolute atomic E-state index is 12.3. The van der Waals surface area contributed by atoms with Gasteiger partial charge in [-0.3, -0.25) is 4.79 Å². The van der Waals surface area contributed by atoms with E-state index in [-0.39, 0.29) is 5.91 Å². The molecule has 1 aromatic heterocycles. The van der Waals surface area contributed by atoms with Crippen molar-refractivity contribution in [3.05, 3.63) is 83.9 Å². The monoisotopic (exact) mass is 413 g/mol. The van der Waals surface area contributed by atoms with Gasteiger partial charge in [0.15, 0.2) is 0 Å². The van der Waals surface area contributed by atoms with Gasteiger partial charge >= 0.3 is 0 Å². The number of hydrogen-bond donors (Lipinski definition) is 1. The van der Waals surface area contributed by atoms with Gasteiger partial charge in [0.2, 0.25) is 17.7 Å². The molecule has 6 heteroatoms. The molecule has 1 amide bonds. The van der Waals surface area contributed by atoms with Gasteiger partial charge in [0.1, 0.15) is 5.75 Å². The summed E-state index contributed by atoms with van der Waals surface area (Å²) < 4.78 is 11.2. The number of aryl methyl sites for hydroxylation is 2. The predicted molar refractivity (Wildman–Crippen MR) is 120 cm³/mol. The Labute approximate surface area is 180 Å². The number of carbonyl (C=O) groups excluding carboxylic acids is 1. The molecule has 0 unspecified atom stereocenters. The zero-order chi connectivity index (χ0) is 21.6. The van der Waals surface area contributed by atoms with Gasteiger partial charge in [-0.2, -0.15) is 0 Å². The maximum atomic E-state index is 12.3. The van der Waals surface area contributed by atoms with Crippen LogP contribution in [0.1, 0.15) is 17.5 Å². The number of benzene rings is 3. The SMILES string of the molecule is COc1ccccc1CCC(=O)Nc1ccc(-c2nnc(-c3ccccc3C)o2)cc1. The number of ether oxygens (including phenoxy) is 1. The summed E-state index contributed by atoms with van der Waals surface area (Å²) in [5.74, 6) is 1.66. The average molecular weight is 413 g/mol. The summed E-state index contributed by atoms with van der Waals surface area (Å²) in [6.45, 7) is 2.00. The molecule has 4 aromatic rings. The minimum absolute atomic E-state index is 0.0571. The van der Waals surface area contributed by atoms with Crippen LogP contribution in [0.5, 0.6) is 5.75 Å². The van der Waals surface area contributed by atoms with Crippen molar-refractivity contribution in [2.45, 2.75) is 19.8 Å². The average Bonchev–Trinajstić information content (AvgIpc) is 3.29. The zero-order valence-electron chi connectivity index (χ0n) is 17.5. The van der Waals surface area contributed by atoms with Crippen molar-refractivity contribution in [1.29, 1.82) is 0 Å². The molecule has 0 bridgehead atoms. The van der Waals surface area contributed by atoms with Crippen molar-refractivity contribution in [2.75, 3.05) is 12.4 Å². The normalized spacial score (nSPS) is 10.6. The van der Waals surface area contributed by atoms with Crippen LogP contribution in [0.3, 0.4) is 0 Å². The second-order valence-electron chi connectivity index (χ2n) is 7.16. The van der Waals surface area contributed by atoms with Crippen LogP contribution in [-0.4, -0.2) is 23.2 Å². The summed E-state index contributed by atoms with van der Waals surface area (Å²) in [4.78, 5) is 12.3. The van der Waals surface area contributed by atoms with E-state index in [2.05, 4.69) is 15.5 Å². The topological polar surface area (TPSA) is 77.2 Å². The van der Waals surface area contributed by atoms with Crippen LogP contribution < -0.4 is 10.1 Å². The third-order valence-electron chi connectivity index (χ3n) is 5.03. The molecule has 3 aromatic carbocycles. The Hall–Kier alpha value is -3.93. The number of rotatable bonds is 7. The molecule has 0 fully saturated rings. The minimum Gasteiger partial charge on any atom is -0.496 e. The first kappa shape index (κ1) is 20.3. The zero-order valence-corrected chi connectivity index (χ0v) is 17.5. The minimum atomic E-state index is -0.0571. The molecule has 1 heterocycles. The lowest BCUT2D eigenvalue weighted by Gasteiger charge is -2.09. The molecule has 1 N–H and O–H groups in total. The highest BCUT2D eigenvalue weighted by Crippen LogP contribution is 2.27. The van der Waals surface area contributed by atoms with Crippen molar-refractivity contribution in [3.8, 4) is 28.7 Å². The quantitative estimate of drug-likeness (QED) is 0.445. The number of nitrogens with zero attached hydrogens (tertiary/aromatic N) is 2. The Morgan fingerprint density at radius 3 is 2.42 bits per heavy atom. The predicted octanol–water partition coefficient (Wildman–Crippen LogP) is 5.29. The van der Waals surface area contributed by atoms with Crippen molar-refractivity contribution >= 4 is 11.6 Å². The summed E-state index contributed by atoms with van der Waals surface area (Å²) in [6, 6.07) is 23.0. The van der Waals surface area contributed by atoms with Crippen molar-refractivity contribution in [2.24, 2.45) is 0 Å². The van der Waals surface area contributed by atoms with Gasteiger partial charge in [0.05, 0.1) is 7.11 Å². The highest BCUT2D eigenvalue weighted by molar-refractivity contribution is 5.91. The maximum Gasteiger partial charge on any atom is 0.248 e. The van der Waals surface area contributed by atoms with Crippen LogP contribution in [0, 0.1) is 6.92 Å². The highest BCUT2D eigenvalue weighted by Gasteiger charge is 2.12. The molecule has 156 valence electrons. The molecule has 0 saturated heterocycles. The molecular formula is C25H23N3O3. The number of amides is 1. The van der Waals surface area contributed by atoms with Crippen LogP contribution in [0.15, 0.2) is 77.2 Å². The Balaban J connectivity index is 1.38. The van der Waals surface area contributed by atoms with Crippen LogP contribution in [-0.2, 0) is 11.2 Å². The fourth-order valence-electron chi connectivity index (χ4n) is 3.34. The van der Waals surface area contributed by atoms with Crippen LogP contribution in [0.4, 0.5) is 5.69 Å². The van der Waals surface area contributed by atoms with E-state index in [0.717, 1.165) is 28.0 Å². The van der Waals surface area contributed by atoms with E-state index in [1.807, 2.05) is 79.7 Å². The van der Waals surface area contributed by atoms with E-state index >= 15 is 0 Å². The number of carbonyl (C=O) groups is 1. The molecule has 0 aliphatic carbocycles. The number of hydrogen-bond acceptors (Lipinski definition) is 5. The van der Waals surface area contributed by atoms with Crippen LogP contribution >= 0.6 is 0 Å². The third-order valence-corrected chi connectivity index (χ3v) is 5.03. The number of nitrogens with one attached hydrogen (secondary N) is 1. The molecule has 0 spiro atoms. The standard InChI is InChI=1S/C25H23N3O3/c1-17-7-3-5-9-21(17)25-28-27-24(31-25)19-11-14-20(15-12-19)26-23(29)16-13-18-8-4-6-10-22(18)30-2/h3-12,14-15H,13,16H2,1-2H3,(H,26,29). The molecule has 31 heavy (non-hydrogen) atoms. The van der Waals surface area contributed by atoms with Gasteiger partial charge in [-0.25, -0.2) is 0 Å². The Kier molecular flexibility index (Phi) is 6.08. The van der Waals surface area contributed by atoms with Crippen molar-refractivity contribution in [3.63, 3.8) is 0 Å². The van der Waals surface area contributed by atoms with Gasteiger partial charge < -0.3 is 14.5 Å². The Bertz CT molecular complexity index is 1180. The van der Waals surface area contributed by atoms with Gasteiger partial charge in [-0.1, -0.05) is 36.4 Å². The van der Waals surface area contributed by atoms with Crippen molar-refractivity contribution in [1.82, 2.24) is 10.2 Å². The lowest BCUT2D eigenvalue weighted by atomic mass is 10.1. The molecule has 0 aliphatic heterocycles. The van der Waals surface area contributed by atoms with E-state index in [1.54, 1.807) is 7.11 Å². The Morgan fingerprint density at radius 2 is 1.65 bits per heavy atom. The summed E-state index contributed by atoms with van der Waals surface area (Å²) >= 11 is 0. The number of para-hydroxylation sites is 1. The lowest BCUT2D eigenvalue weighted by molar-refractivity contribution is -0.116. The van der Waals surface area contributed by atoms with E-state index in [9.17, 15) is 4.79 Å². The van der Waals surface area contributed by atoms with E-state index in [0.29, 0.717) is 30.3 Å². The highest BCUT2D eigenvalue weighted by atomic mass is 16.5. The molecule has 4 rings (SSSR count). The Morgan fingerprint density at radius 1 is 0.935 bits per heavy atom. The molecule has 6 nitrogen and oxygen atoms in total. The summed E-state index contributed by atoms with van der Waals surface area (Å²) in [5.41, 5.74) is 4.51. The molecular weight excluding hydrogens is 390 g/mol. The second kappa shape index (κ2) is 9.26. The van der Waals surface area contributed by atoms with Crippen molar-refractivity contribution < 1.29 is 13.9 Å². The van der Waals surface area contributed by atoms with Crippen LogP contribution in [0.2, 0.25) is 0 Å². The number of aromatic nitrogens is 2. The fraction of sp³-hybridized carbons (Fsp3) is 0.160. The molecule has 0 saturated carbocycles. The number of anilines is 1. The largest absolute Gasteiger partial charge is 0.496 e. The van der Waals surface area contributed by atoms with Gasteiger partial charge in [-0.05, 0) is 60.9 Å².